The molecule has 144 valence electrons. The first-order valence-electron chi connectivity index (χ1n) is 8.06. The molecular weight excluding hydrogens is 429 g/mol. The first kappa shape index (κ1) is 20.8. The molecule has 0 saturated carbocycles. The molecule has 1 atom stereocenters. The summed E-state index contributed by atoms with van der Waals surface area (Å²) in [6.45, 7) is 0.0543. The second-order valence-electron chi connectivity index (χ2n) is 6.24. The molecule has 0 bridgehead atoms. The molecule has 0 aliphatic carbocycles. The molecule has 1 aliphatic rings. The van der Waals surface area contributed by atoms with E-state index >= 15 is 0 Å². The third kappa shape index (κ3) is 5.24. The number of rotatable bonds is 5. The maximum absolute atomic E-state index is 13.6. The molecule has 26 heavy (non-hydrogen) atoms. The summed E-state index contributed by atoms with van der Waals surface area (Å²) in [4.78, 5) is 26.5. The van der Waals surface area contributed by atoms with E-state index in [2.05, 4.69) is 21.2 Å². The molecule has 1 unspecified atom stereocenters. The number of carbonyl (C=O) groups is 2. The summed E-state index contributed by atoms with van der Waals surface area (Å²) in [7, 11) is -2.18. The van der Waals surface area contributed by atoms with Gasteiger partial charge in [0.2, 0.25) is 21.8 Å². The molecule has 1 aromatic rings. The van der Waals surface area contributed by atoms with E-state index in [1.165, 1.54) is 24.1 Å². The predicted octanol–water partition coefficient (Wildman–Crippen LogP) is 1.80. The topological polar surface area (TPSA) is 86.8 Å². The zero-order valence-corrected chi connectivity index (χ0v) is 16.9. The number of nitrogens with zero attached hydrogens (tertiary/aromatic N) is 2. The molecule has 1 heterocycles. The van der Waals surface area contributed by atoms with Crippen molar-refractivity contribution >= 4 is 43.5 Å². The number of piperidine rings is 1. The predicted molar refractivity (Wildman–Crippen MR) is 99.6 cm³/mol. The van der Waals surface area contributed by atoms with Crippen molar-refractivity contribution in [2.45, 2.75) is 25.3 Å². The Balaban J connectivity index is 2.10. The van der Waals surface area contributed by atoms with Gasteiger partial charge in [-0.05, 0) is 53.4 Å². The van der Waals surface area contributed by atoms with E-state index in [9.17, 15) is 22.4 Å². The van der Waals surface area contributed by atoms with Gasteiger partial charge in [0.15, 0.2) is 0 Å². The second-order valence-corrected chi connectivity index (χ2v) is 9.18. The normalized spacial score (nSPS) is 18.0. The number of sulfonamides is 1. The van der Waals surface area contributed by atoms with Gasteiger partial charge in [-0.15, -0.1) is 0 Å². The lowest BCUT2D eigenvalue weighted by Gasteiger charge is -2.35. The molecule has 1 fully saturated rings. The number of benzene rings is 1. The van der Waals surface area contributed by atoms with Crippen LogP contribution in [0.1, 0.15) is 19.3 Å². The quantitative estimate of drug-likeness (QED) is 0.742. The minimum Gasteiger partial charge on any atom is -0.330 e. The van der Waals surface area contributed by atoms with Crippen LogP contribution in [0.3, 0.4) is 0 Å². The van der Waals surface area contributed by atoms with E-state index in [0.29, 0.717) is 18.7 Å². The Morgan fingerprint density at radius 1 is 1.38 bits per heavy atom. The van der Waals surface area contributed by atoms with Gasteiger partial charge in [0.25, 0.3) is 0 Å². The second kappa shape index (κ2) is 8.45. The molecule has 2 amide bonds. The van der Waals surface area contributed by atoms with Crippen molar-refractivity contribution < 1.29 is 22.4 Å². The van der Waals surface area contributed by atoms with Crippen molar-refractivity contribution in [1.82, 2.24) is 9.21 Å². The lowest BCUT2D eigenvalue weighted by molar-refractivity contribution is -0.140. The fraction of sp³-hybridized carbons (Fsp3) is 0.500. The molecule has 7 nitrogen and oxygen atoms in total. The third-order valence-electron chi connectivity index (χ3n) is 4.24. The van der Waals surface area contributed by atoms with Crippen LogP contribution >= 0.6 is 15.9 Å². The largest absolute Gasteiger partial charge is 0.330 e. The molecule has 1 aliphatic heterocycles. The van der Waals surface area contributed by atoms with Crippen LogP contribution in [0.4, 0.5) is 10.1 Å². The van der Waals surface area contributed by atoms with E-state index in [1.807, 2.05) is 0 Å². The van der Waals surface area contributed by atoms with Crippen LogP contribution in [0, 0.1) is 5.82 Å². The van der Waals surface area contributed by atoms with Crippen molar-refractivity contribution in [2.75, 3.05) is 31.7 Å². The summed E-state index contributed by atoms with van der Waals surface area (Å²) in [6.07, 6.45) is 3.01. The SMILES string of the molecule is CN(CC(=O)N1CCCCC1C(=O)Nc1ccc(Br)c(F)c1)S(C)(=O)=O. The van der Waals surface area contributed by atoms with E-state index < -0.39 is 33.7 Å². The van der Waals surface area contributed by atoms with Crippen molar-refractivity contribution in [3.63, 3.8) is 0 Å². The number of likely N-dealkylation sites (N-methyl/N-ethyl adjacent to an activating group) is 1. The zero-order chi connectivity index (χ0) is 19.5. The number of hydrogen-bond donors (Lipinski definition) is 1. The standard InChI is InChI=1S/C16H21BrFN3O4S/c1-20(26(2,24)25)10-15(22)21-8-4-3-5-14(21)16(23)19-11-6-7-12(17)13(18)9-11/h6-7,9,14H,3-5,8,10H2,1-2H3,(H,19,23). The Morgan fingerprint density at radius 3 is 2.69 bits per heavy atom. The smallest absolute Gasteiger partial charge is 0.247 e. The van der Waals surface area contributed by atoms with E-state index in [0.717, 1.165) is 23.4 Å². The van der Waals surface area contributed by atoms with E-state index in [1.54, 1.807) is 6.07 Å². The van der Waals surface area contributed by atoms with Crippen LogP contribution in [0.2, 0.25) is 0 Å². The highest BCUT2D eigenvalue weighted by atomic mass is 79.9. The van der Waals surface area contributed by atoms with Crippen molar-refractivity contribution in [3.8, 4) is 0 Å². The molecule has 1 aromatic carbocycles. The van der Waals surface area contributed by atoms with Gasteiger partial charge in [-0.25, -0.2) is 12.8 Å². The zero-order valence-electron chi connectivity index (χ0n) is 14.5. The third-order valence-corrected chi connectivity index (χ3v) is 6.14. The first-order chi connectivity index (χ1) is 12.1. The number of anilines is 1. The maximum Gasteiger partial charge on any atom is 0.247 e. The van der Waals surface area contributed by atoms with Gasteiger partial charge in [0.1, 0.15) is 11.9 Å². The van der Waals surface area contributed by atoms with Crippen LogP contribution < -0.4 is 5.32 Å². The minimum absolute atomic E-state index is 0.286. The van der Waals surface area contributed by atoms with Crippen LogP contribution in [-0.2, 0) is 19.6 Å². The average molecular weight is 450 g/mol. The number of halogens is 2. The highest BCUT2D eigenvalue weighted by Crippen LogP contribution is 2.22. The maximum atomic E-state index is 13.6. The van der Waals surface area contributed by atoms with Crippen molar-refractivity contribution in [1.29, 1.82) is 0 Å². The summed E-state index contributed by atoms with van der Waals surface area (Å²) in [5.74, 6) is -1.35. The van der Waals surface area contributed by atoms with Crippen LogP contribution in [0.25, 0.3) is 0 Å². The Morgan fingerprint density at radius 2 is 2.08 bits per heavy atom. The van der Waals surface area contributed by atoms with Gasteiger partial charge in [0.05, 0.1) is 17.3 Å². The molecule has 0 spiro atoms. The van der Waals surface area contributed by atoms with Crippen LogP contribution in [-0.4, -0.2) is 61.9 Å². The lowest BCUT2D eigenvalue weighted by Crippen LogP contribution is -2.52. The number of hydrogen-bond acceptors (Lipinski definition) is 4. The summed E-state index contributed by atoms with van der Waals surface area (Å²) in [6, 6.07) is 3.51. The van der Waals surface area contributed by atoms with Gasteiger partial charge in [0, 0.05) is 19.3 Å². The minimum atomic E-state index is -3.49. The molecule has 0 radical (unpaired) electrons. The fourth-order valence-corrected chi connectivity index (χ4v) is 3.29. The summed E-state index contributed by atoms with van der Waals surface area (Å²) >= 11 is 3.05. The molecule has 1 N–H and O–H groups in total. The Hall–Kier alpha value is -1.52. The molecule has 10 heteroatoms. The van der Waals surface area contributed by atoms with Gasteiger partial charge in [-0.1, -0.05) is 0 Å². The number of amides is 2. The average Bonchev–Trinajstić information content (AvgIpc) is 2.57. The van der Waals surface area contributed by atoms with Crippen molar-refractivity contribution in [3.05, 3.63) is 28.5 Å². The Labute approximate surface area is 160 Å². The number of carbonyl (C=O) groups excluding carboxylic acids is 2. The van der Waals surface area contributed by atoms with Gasteiger partial charge >= 0.3 is 0 Å². The molecule has 2 rings (SSSR count). The monoisotopic (exact) mass is 449 g/mol. The van der Waals surface area contributed by atoms with Gasteiger partial charge in [-0.2, -0.15) is 4.31 Å². The number of likely N-dealkylation sites (tertiary alicyclic amines) is 1. The summed E-state index contributed by atoms with van der Waals surface area (Å²) < 4.78 is 37.8. The summed E-state index contributed by atoms with van der Waals surface area (Å²) in [5, 5.41) is 2.62. The van der Waals surface area contributed by atoms with Crippen LogP contribution in [0.15, 0.2) is 22.7 Å². The molecular formula is C16H21BrFN3O4S. The van der Waals surface area contributed by atoms with Crippen LogP contribution in [0.5, 0.6) is 0 Å². The Bertz CT molecular complexity index is 803. The molecule has 0 aromatic heterocycles. The Kier molecular flexibility index (Phi) is 6.75. The highest BCUT2D eigenvalue weighted by molar-refractivity contribution is 9.10. The summed E-state index contributed by atoms with van der Waals surface area (Å²) in [5.41, 5.74) is 0.293. The van der Waals surface area contributed by atoms with E-state index in [-0.39, 0.29) is 11.0 Å². The highest BCUT2D eigenvalue weighted by Gasteiger charge is 2.33. The lowest BCUT2D eigenvalue weighted by atomic mass is 10.0. The first-order valence-corrected chi connectivity index (χ1v) is 10.7. The van der Waals surface area contributed by atoms with E-state index in [4.69, 9.17) is 0 Å². The fourth-order valence-electron chi connectivity index (χ4n) is 2.70. The van der Waals surface area contributed by atoms with Gasteiger partial charge < -0.3 is 10.2 Å². The van der Waals surface area contributed by atoms with Gasteiger partial charge in [-0.3, -0.25) is 9.59 Å². The number of nitrogens with one attached hydrogen (secondary N) is 1. The van der Waals surface area contributed by atoms with Crippen molar-refractivity contribution in [2.24, 2.45) is 0 Å². The molecule has 1 saturated heterocycles.